The smallest absolute Gasteiger partial charge is 0.416 e. The Balaban J connectivity index is 1.84. The minimum atomic E-state index is -4.44. The Morgan fingerprint density at radius 2 is 1.89 bits per heavy atom. The van der Waals surface area contributed by atoms with Gasteiger partial charge in [-0.2, -0.15) is 13.2 Å². The maximum Gasteiger partial charge on any atom is 0.416 e. The number of esters is 1. The van der Waals surface area contributed by atoms with Gasteiger partial charge in [0.2, 0.25) is 0 Å². The van der Waals surface area contributed by atoms with Gasteiger partial charge in [0.25, 0.3) is 0 Å². The molecule has 3 atom stereocenters. The molecule has 0 amide bonds. The van der Waals surface area contributed by atoms with Crippen LogP contribution in [-0.2, 0) is 10.9 Å². The lowest BCUT2D eigenvalue weighted by Crippen LogP contribution is -2.32. The minimum Gasteiger partial charge on any atom is -0.462 e. The van der Waals surface area contributed by atoms with Crippen LogP contribution in [0.3, 0.4) is 0 Å². The van der Waals surface area contributed by atoms with Crippen LogP contribution in [0.1, 0.15) is 52.4 Å². The van der Waals surface area contributed by atoms with Crippen molar-refractivity contribution in [2.75, 3.05) is 11.9 Å². The molecule has 0 radical (unpaired) electrons. The molecule has 0 bridgehead atoms. The van der Waals surface area contributed by atoms with E-state index in [-0.39, 0.29) is 24.0 Å². The first-order valence-corrected chi connectivity index (χ1v) is 9.31. The molecule has 0 saturated carbocycles. The average molecular weight is 387 g/mol. The van der Waals surface area contributed by atoms with Crippen molar-refractivity contribution in [2.45, 2.75) is 31.5 Å². The lowest BCUT2D eigenvalue weighted by Gasteiger charge is -2.39. The number of halogens is 3. The summed E-state index contributed by atoms with van der Waals surface area (Å²) in [7, 11) is 0. The van der Waals surface area contributed by atoms with Crippen LogP contribution in [0.5, 0.6) is 0 Å². The van der Waals surface area contributed by atoms with Gasteiger partial charge in [0.1, 0.15) is 0 Å². The number of carbonyl (C=O) groups excluding carboxylic acids is 1. The fourth-order valence-corrected chi connectivity index (χ4v) is 4.33. The van der Waals surface area contributed by atoms with E-state index in [9.17, 15) is 18.0 Å². The van der Waals surface area contributed by atoms with Crippen molar-refractivity contribution in [1.29, 1.82) is 0 Å². The van der Waals surface area contributed by atoms with Crippen molar-refractivity contribution < 1.29 is 22.7 Å². The number of allylic oxidation sites excluding steroid dienone is 2. The highest BCUT2D eigenvalue weighted by atomic mass is 19.4. The minimum absolute atomic E-state index is 0.0445. The Labute approximate surface area is 161 Å². The number of hydrogen-bond donors (Lipinski definition) is 1. The van der Waals surface area contributed by atoms with Gasteiger partial charge in [0.15, 0.2) is 0 Å². The molecule has 28 heavy (non-hydrogen) atoms. The van der Waals surface area contributed by atoms with Gasteiger partial charge < -0.3 is 10.1 Å². The summed E-state index contributed by atoms with van der Waals surface area (Å²) in [5.74, 6) is -0.569. The lowest BCUT2D eigenvalue weighted by atomic mass is 9.75. The number of hydrogen-bond acceptors (Lipinski definition) is 3. The topological polar surface area (TPSA) is 38.3 Å². The molecule has 4 rings (SSSR count). The first-order chi connectivity index (χ1) is 13.4. The first-order valence-electron chi connectivity index (χ1n) is 9.31. The molecule has 6 heteroatoms. The Bertz CT molecular complexity index is 936. The highest BCUT2D eigenvalue weighted by Crippen LogP contribution is 2.52. The molecule has 0 unspecified atom stereocenters. The van der Waals surface area contributed by atoms with E-state index in [1.165, 1.54) is 12.1 Å². The summed E-state index contributed by atoms with van der Waals surface area (Å²) in [5.41, 5.74) is 1.40. The predicted octanol–water partition coefficient (Wildman–Crippen LogP) is 5.71. The van der Waals surface area contributed by atoms with Gasteiger partial charge >= 0.3 is 12.1 Å². The lowest BCUT2D eigenvalue weighted by molar-refractivity contribution is -0.138. The fraction of sp³-hybridized carbons (Fsp3) is 0.318. The first kappa shape index (κ1) is 18.6. The second-order valence-electron chi connectivity index (χ2n) is 7.05. The molecule has 0 aromatic heterocycles. The summed E-state index contributed by atoms with van der Waals surface area (Å²) in [4.78, 5) is 12.4. The van der Waals surface area contributed by atoms with Crippen LogP contribution in [0, 0.1) is 5.92 Å². The number of rotatable bonds is 3. The van der Waals surface area contributed by atoms with Crippen molar-refractivity contribution >= 4 is 11.7 Å². The molecule has 2 aliphatic rings. The summed E-state index contributed by atoms with van der Waals surface area (Å²) in [6.45, 7) is 1.95. The number of alkyl halides is 3. The van der Waals surface area contributed by atoms with Gasteiger partial charge in [0.05, 0.1) is 29.5 Å². The van der Waals surface area contributed by atoms with Crippen LogP contribution >= 0.6 is 0 Å². The highest BCUT2D eigenvalue weighted by Gasteiger charge is 2.43. The van der Waals surface area contributed by atoms with Crippen LogP contribution in [0.4, 0.5) is 18.9 Å². The van der Waals surface area contributed by atoms with Crippen LogP contribution in [0.25, 0.3) is 0 Å². The quantitative estimate of drug-likeness (QED) is 0.542. The number of ether oxygens (including phenoxy) is 1. The molecule has 0 spiro atoms. The SMILES string of the molecule is CCOC(=O)c1cccc2c1N[C@H](c1ccccc1C(F)(F)F)[C@H]1CC=C[C@H]21. The number of nitrogens with one attached hydrogen (secondary N) is 1. The largest absolute Gasteiger partial charge is 0.462 e. The van der Waals surface area contributed by atoms with E-state index in [2.05, 4.69) is 5.32 Å². The summed E-state index contributed by atoms with van der Waals surface area (Å²) in [5, 5.41) is 3.26. The van der Waals surface area contributed by atoms with Gasteiger partial charge in [-0.25, -0.2) is 4.79 Å². The highest BCUT2D eigenvalue weighted by molar-refractivity contribution is 5.97. The number of anilines is 1. The van der Waals surface area contributed by atoms with Gasteiger partial charge in [-0.1, -0.05) is 42.5 Å². The second-order valence-corrected chi connectivity index (χ2v) is 7.05. The summed E-state index contributed by atoms with van der Waals surface area (Å²) >= 11 is 0. The fourth-order valence-electron chi connectivity index (χ4n) is 4.33. The van der Waals surface area contributed by atoms with E-state index in [1.54, 1.807) is 25.1 Å². The van der Waals surface area contributed by atoms with E-state index in [1.807, 2.05) is 18.2 Å². The number of benzene rings is 2. The second kappa shape index (κ2) is 7.00. The molecule has 1 N–H and O–H groups in total. The molecule has 1 heterocycles. The van der Waals surface area contributed by atoms with Crippen molar-refractivity contribution in [3.05, 3.63) is 76.9 Å². The summed E-state index contributed by atoms with van der Waals surface area (Å²) in [6.07, 6.45) is 0.271. The average Bonchev–Trinajstić information content (AvgIpc) is 3.16. The molecule has 3 nitrogen and oxygen atoms in total. The van der Waals surface area contributed by atoms with Gasteiger partial charge in [0, 0.05) is 5.92 Å². The van der Waals surface area contributed by atoms with E-state index >= 15 is 0 Å². The van der Waals surface area contributed by atoms with Crippen molar-refractivity contribution in [3.63, 3.8) is 0 Å². The zero-order chi connectivity index (χ0) is 19.9. The van der Waals surface area contributed by atoms with Gasteiger partial charge in [-0.3, -0.25) is 0 Å². The molecular weight excluding hydrogens is 367 g/mol. The molecule has 2 aromatic rings. The Morgan fingerprint density at radius 1 is 1.14 bits per heavy atom. The van der Waals surface area contributed by atoms with Crippen LogP contribution in [0.2, 0.25) is 0 Å². The Kier molecular flexibility index (Phi) is 4.65. The summed E-state index contributed by atoms with van der Waals surface area (Å²) < 4.78 is 46.0. The van der Waals surface area contributed by atoms with Crippen molar-refractivity contribution in [2.24, 2.45) is 5.92 Å². The molecule has 1 aliphatic heterocycles. The number of fused-ring (bicyclic) bond motifs is 3. The zero-order valence-electron chi connectivity index (χ0n) is 15.3. The third kappa shape index (κ3) is 3.07. The monoisotopic (exact) mass is 387 g/mol. The Morgan fingerprint density at radius 3 is 2.64 bits per heavy atom. The van der Waals surface area contributed by atoms with E-state index in [0.29, 0.717) is 17.7 Å². The van der Waals surface area contributed by atoms with Crippen LogP contribution in [0.15, 0.2) is 54.6 Å². The third-order valence-corrected chi connectivity index (χ3v) is 5.49. The maximum absolute atomic E-state index is 13.6. The standard InChI is InChI=1S/C22H20F3NO2/c1-2-28-21(27)17-11-6-10-15-13-8-5-9-14(13)19(26-20(15)17)16-7-3-4-12-18(16)22(23,24)25/h3-8,10-14,19,26H,2,9H2,1H3/t13-,14-,19-/m0/s1. The van der Waals surface area contributed by atoms with E-state index in [0.717, 1.165) is 11.6 Å². The van der Waals surface area contributed by atoms with Crippen LogP contribution < -0.4 is 5.32 Å². The predicted molar refractivity (Wildman–Crippen MR) is 100 cm³/mol. The zero-order valence-corrected chi connectivity index (χ0v) is 15.3. The van der Waals surface area contributed by atoms with E-state index < -0.39 is 23.8 Å². The molecular formula is C22H20F3NO2. The number of para-hydroxylation sites is 1. The van der Waals surface area contributed by atoms with Crippen LogP contribution in [-0.4, -0.2) is 12.6 Å². The van der Waals surface area contributed by atoms with E-state index in [4.69, 9.17) is 4.74 Å². The van der Waals surface area contributed by atoms with Gasteiger partial charge in [-0.15, -0.1) is 0 Å². The Hall–Kier alpha value is -2.76. The molecule has 2 aromatic carbocycles. The van der Waals surface area contributed by atoms with Crippen molar-refractivity contribution in [3.8, 4) is 0 Å². The molecule has 146 valence electrons. The van der Waals surface area contributed by atoms with Crippen molar-refractivity contribution in [1.82, 2.24) is 0 Å². The number of carbonyl (C=O) groups is 1. The molecule has 0 fully saturated rings. The molecule has 0 saturated heterocycles. The summed E-state index contributed by atoms with van der Waals surface area (Å²) in [6, 6.07) is 10.5. The normalized spacial score (nSPS) is 22.9. The third-order valence-electron chi connectivity index (χ3n) is 5.49. The molecule has 1 aliphatic carbocycles. The maximum atomic E-state index is 13.6. The van der Waals surface area contributed by atoms with Gasteiger partial charge in [-0.05, 0) is 42.5 Å².